The SMILES string of the molecule is Cc1onc(-c2c(F)cccc2Cl)c1C(=O)OCc1cn(CCCCN2C(=O)c3ccccc3C2=O)nn1. The molecule has 12 heteroatoms. The summed E-state index contributed by atoms with van der Waals surface area (Å²) in [4.78, 5) is 38.9. The number of aromatic nitrogens is 4. The molecule has 0 spiro atoms. The van der Waals surface area contributed by atoms with E-state index in [2.05, 4.69) is 15.5 Å². The van der Waals surface area contributed by atoms with E-state index in [0.717, 1.165) is 0 Å². The van der Waals surface area contributed by atoms with Gasteiger partial charge in [-0.2, -0.15) is 0 Å². The number of unbranched alkanes of at least 4 members (excludes halogenated alkanes) is 1. The Morgan fingerprint density at radius 3 is 2.47 bits per heavy atom. The van der Waals surface area contributed by atoms with Crippen LogP contribution in [0.5, 0.6) is 0 Å². The van der Waals surface area contributed by atoms with E-state index in [1.165, 1.54) is 30.0 Å². The second kappa shape index (κ2) is 10.5. The lowest BCUT2D eigenvalue weighted by Crippen LogP contribution is -2.30. The molecule has 0 saturated heterocycles. The first-order valence-corrected chi connectivity index (χ1v) is 12.1. The van der Waals surface area contributed by atoms with Gasteiger partial charge >= 0.3 is 5.97 Å². The molecule has 194 valence electrons. The Bertz CT molecular complexity index is 1490. The first-order valence-electron chi connectivity index (χ1n) is 11.8. The van der Waals surface area contributed by atoms with Gasteiger partial charge in [-0.15, -0.1) is 5.10 Å². The highest BCUT2D eigenvalue weighted by molar-refractivity contribution is 6.33. The third-order valence-electron chi connectivity index (χ3n) is 6.10. The lowest BCUT2D eigenvalue weighted by molar-refractivity contribution is 0.0465. The molecule has 2 amide bonds. The number of halogens is 2. The fourth-order valence-corrected chi connectivity index (χ4v) is 4.47. The van der Waals surface area contributed by atoms with Crippen molar-refractivity contribution in [1.29, 1.82) is 0 Å². The molecule has 2 aromatic carbocycles. The summed E-state index contributed by atoms with van der Waals surface area (Å²) in [7, 11) is 0. The van der Waals surface area contributed by atoms with E-state index in [1.54, 1.807) is 35.1 Å². The molecular weight excluding hydrogens is 517 g/mol. The van der Waals surface area contributed by atoms with Crippen LogP contribution in [-0.4, -0.2) is 49.4 Å². The van der Waals surface area contributed by atoms with Crippen LogP contribution in [0, 0.1) is 12.7 Å². The predicted molar refractivity (Wildman–Crippen MR) is 132 cm³/mol. The summed E-state index contributed by atoms with van der Waals surface area (Å²) in [6.07, 6.45) is 2.86. The number of ether oxygens (including phenoxy) is 1. The number of aryl methyl sites for hydroxylation is 2. The Morgan fingerprint density at radius 2 is 1.76 bits per heavy atom. The molecule has 0 fully saturated rings. The van der Waals surface area contributed by atoms with Crippen LogP contribution in [0.2, 0.25) is 5.02 Å². The van der Waals surface area contributed by atoms with Crippen LogP contribution in [0.15, 0.2) is 53.2 Å². The zero-order valence-corrected chi connectivity index (χ0v) is 20.9. The van der Waals surface area contributed by atoms with Gasteiger partial charge in [0.1, 0.15) is 35.1 Å². The minimum Gasteiger partial charge on any atom is -0.455 e. The quantitative estimate of drug-likeness (QED) is 0.174. The van der Waals surface area contributed by atoms with E-state index >= 15 is 0 Å². The molecular formula is C26H21ClFN5O5. The summed E-state index contributed by atoms with van der Waals surface area (Å²) in [5.41, 5.74) is 1.13. The maximum absolute atomic E-state index is 14.4. The van der Waals surface area contributed by atoms with Gasteiger partial charge in [0.15, 0.2) is 0 Å². The molecule has 0 saturated carbocycles. The normalized spacial score (nSPS) is 12.8. The Labute approximate surface area is 220 Å². The molecule has 0 atom stereocenters. The lowest BCUT2D eigenvalue weighted by atomic mass is 10.1. The van der Waals surface area contributed by atoms with E-state index in [9.17, 15) is 18.8 Å². The van der Waals surface area contributed by atoms with Crippen LogP contribution < -0.4 is 0 Å². The lowest BCUT2D eigenvalue weighted by Gasteiger charge is -2.13. The summed E-state index contributed by atoms with van der Waals surface area (Å²) >= 11 is 6.12. The van der Waals surface area contributed by atoms with Crippen molar-refractivity contribution in [1.82, 2.24) is 25.1 Å². The number of hydrogen-bond acceptors (Lipinski definition) is 8. The van der Waals surface area contributed by atoms with Gasteiger partial charge in [-0.25, -0.2) is 9.18 Å². The minimum absolute atomic E-state index is 0.0300. The van der Waals surface area contributed by atoms with E-state index in [0.29, 0.717) is 42.8 Å². The van der Waals surface area contributed by atoms with Crippen LogP contribution in [0.25, 0.3) is 11.3 Å². The van der Waals surface area contributed by atoms with Crippen LogP contribution >= 0.6 is 11.6 Å². The smallest absolute Gasteiger partial charge is 0.344 e. The summed E-state index contributed by atoms with van der Waals surface area (Å²) in [5, 5.41) is 11.9. The highest BCUT2D eigenvalue weighted by Gasteiger charge is 2.34. The predicted octanol–water partition coefficient (Wildman–Crippen LogP) is 4.47. The van der Waals surface area contributed by atoms with Gasteiger partial charge in [-0.05, 0) is 44.0 Å². The summed E-state index contributed by atoms with van der Waals surface area (Å²) in [5.74, 6) is -1.82. The molecule has 5 rings (SSSR count). The van der Waals surface area contributed by atoms with Crippen molar-refractivity contribution in [3.63, 3.8) is 0 Å². The topological polar surface area (TPSA) is 120 Å². The highest BCUT2D eigenvalue weighted by atomic mass is 35.5. The van der Waals surface area contributed by atoms with Crippen molar-refractivity contribution >= 4 is 29.4 Å². The molecule has 0 radical (unpaired) electrons. The molecule has 0 aliphatic carbocycles. The molecule has 1 aliphatic heterocycles. The third kappa shape index (κ3) is 4.80. The number of carbonyl (C=O) groups excluding carboxylic acids is 3. The van der Waals surface area contributed by atoms with Crippen LogP contribution in [0.1, 0.15) is 55.4 Å². The zero-order valence-electron chi connectivity index (χ0n) is 20.2. The van der Waals surface area contributed by atoms with Crippen molar-refractivity contribution in [3.05, 3.63) is 87.6 Å². The average molecular weight is 538 g/mol. The first kappa shape index (κ1) is 25.3. The van der Waals surface area contributed by atoms with Gasteiger partial charge in [0.25, 0.3) is 11.8 Å². The van der Waals surface area contributed by atoms with Gasteiger partial charge in [0.2, 0.25) is 0 Å². The molecule has 3 heterocycles. The largest absolute Gasteiger partial charge is 0.455 e. The monoisotopic (exact) mass is 537 g/mol. The summed E-state index contributed by atoms with van der Waals surface area (Å²) in [6, 6.07) is 10.9. The van der Waals surface area contributed by atoms with E-state index in [-0.39, 0.29) is 46.0 Å². The van der Waals surface area contributed by atoms with Crippen LogP contribution in [0.4, 0.5) is 4.39 Å². The number of nitrogens with zero attached hydrogens (tertiary/aromatic N) is 5. The molecule has 4 aromatic rings. The fourth-order valence-electron chi connectivity index (χ4n) is 4.22. The number of hydrogen-bond donors (Lipinski definition) is 0. The van der Waals surface area contributed by atoms with E-state index < -0.39 is 11.8 Å². The number of imide groups is 1. The van der Waals surface area contributed by atoms with Crippen molar-refractivity contribution in [2.45, 2.75) is 32.9 Å². The van der Waals surface area contributed by atoms with Crippen LogP contribution in [0.3, 0.4) is 0 Å². The second-order valence-electron chi connectivity index (χ2n) is 8.62. The molecule has 0 bridgehead atoms. The number of amides is 2. The van der Waals surface area contributed by atoms with E-state index in [4.69, 9.17) is 20.9 Å². The number of rotatable bonds is 9. The van der Waals surface area contributed by atoms with Crippen molar-refractivity contribution in [3.8, 4) is 11.3 Å². The second-order valence-corrected chi connectivity index (χ2v) is 9.03. The number of esters is 1. The fraction of sp³-hybridized carbons (Fsp3) is 0.231. The maximum atomic E-state index is 14.4. The van der Waals surface area contributed by atoms with Crippen molar-refractivity contribution < 1.29 is 28.0 Å². The summed E-state index contributed by atoms with van der Waals surface area (Å²) in [6.45, 7) is 2.13. The molecule has 0 unspecified atom stereocenters. The zero-order chi connectivity index (χ0) is 26.8. The maximum Gasteiger partial charge on any atom is 0.344 e. The molecule has 1 aliphatic rings. The minimum atomic E-state index is -0.770. The van der Waals surface area contributed by atoms with Gasteiger partial charge < -0.3 is 9.26 Å². The first-order chi connectivity index (χ1) is 18.3. The average Bonchev–Trinajstić information content (AvgIpc) is 3.58. The third-order valence-corrected chi connectivity index (χ3v) is 6.42. The Morgan fingerprint density at radius 1 is 1.05 bits per heavy atom. The van der Waals surface area contributed by atoms with Crippen molar-refractivity contribution in [2.75, 3.05) is 6.54 Å². The molecule has 38 heavy (non-hydrogen) atoms. The standard InChI is InChI=1S/C26H21ClFN5O5/c1-15-21(23(30-38-15)22-19(27)9-6-10-20(22)28)26(36)37-14-16-13-32(31-29-16)11-4-5-12-33-24(34)17-7-2-3-8-18(17)25(33)35/h2-3,6-10,13H,4-5,11-12,14H2,1H3. The molecule has 10 nitrogen and oxygen atoms in total. The number of fused-ring (bicyclic) bond motifs is 1. The molecule has 2 aromatic heterocycles. The van der Waals surface area contributed by atoms with Crippen LogP contribution in [-0.2, 0) is 17.9 Å². The van der Waals surface area contributed by atoms with Gasteiger partial charge in [-0.3, -0.25) is 19.2 Å². The Balaban J connectivity index is 1.14. The van der Waals surface area contributed by atoms with Gasteiger partial charge in [0.05, 0.1) is 27.9 Å². The number of carbonyl (C=O) groups is 3. The molecule has 0 N–H and O–H groups in total. The summed E-state index contributed by atoms with van der Waals surface area (Å²) < 4.78 is 26.4. The van der Waals surface area contributed by atoms with Gasteiger partial charge in [-0.1, -0.05) is 40.2 Å². The Kier molecular flexibility index (Phi) is 7.01. The van der Waals surface area contributed by atoms with E-state index in [1.807, 2.05) is 0 Å². The van der Waals surface area contributed by atoms with Gasteiger partial charge in [0, 0.05) is 13.1 Å². The number of benzene rings is 2. The Hall–Kier alpha value is -4.38. The highest BCUT2D eigenvalue weighted by Crippen LogP contribution is 2.33. The van der Waals surface area contributed by atoms with Crippen molar-refractivity contribution in [2.24, 2.45) is 0 Å².